The number of hydrogen-bond donors (Lipinski definition) is 2. The van der Waals surface area contributed by atoms with Gasteiger partial charge in [0.15, 0.2) is 0 Å². The minimum atomic E-state index is -0.771. The number of aliphatic carboxylic acids is 1. The zero-order chi connectivity index (χ0) is 19.1. The number of nitrogens with zero attached hydrogens (tertiary/aromatic N) is 1. The van der Waals surface area contributed by atoms with Crippen LogP contribution in [0.3, 0.4) is 0 Å². The Morgan fingerprint density at radius 1 is 1.41 bits per heavy atom. The summed E-state index contributed by atoms with van der Waals surface area (Å²) < 4.78 is 5.56. The number of hydrogen-bond acceptors (Lipinski definition) is 6. The SMILES string of the molecule is CCNc1cc2oc(=O)c(-c3nc4c(s3)CC(C(=O)O)CC4)cc2cc1C. The second-order valence-electron chi connectivity index (χ2n) is 6.85. The van der Waals surface area contributed by atoms with Crippen molar-refractivity contribution in [1.29, 1.82) is 0 Å². The summed E-state index contributed by atoms with van der Waals surface area (Å²) in [6.07, 6.45) is 1.70. The maximum Gasteiger partial charge on any atom is 0.346 e. The van der Waals surface area contributed by atoms with Crippen LogP contribution in [0.15, 0.2) is 27.4 Å². The molecule has 2 aromatic heterocycles. The molecule has 0 saturated heterocycles. The molecular weight excluding hydrogens is 364 g/mol. The molecule has 0 amide bonds. The molecule has 27 heavy (non-hydrogen) atoms. The van der Waals surface area contributed by atoms with Crippen molar-refractivity contribution in [3.63, 3.8) is 0 Å². The molecule has 0 aliphatic heterocycles. The number of nitrogens with one attached hydrogen (secondary N) is 1. The number of carbonyl (C=O) groups is 1. The Kier molecular flexibility index (Phi) is 4.47. The maximum absolute atomic E-state index is 12.6. The van der Waals surface area contributed by atoms with Gasteiger partial charge in [0, 0.05) is 28.6 Å². The summed E-state index contributed by atoms with van der Waals surface area (Å²) in [5.41, 5.74) is 3.49. The minimum Gasteiger partial charge on any atom is -0.481 e. The highest BCUT2D eigenvalue weighted by molar-refractivity contribution is 7.15. The molecule has 0 saturated carbocycles. The van der Waals surface area contributed by atoms with Crippen LogP contribution in [0.5, 0.6) is 0 Å². The summed E-state index contributed by atoms with van der Waals surface area (Å²) in [5.74, 6) is -1.14. The molecule has 0 fully saturated rings. The van der Waals surface area contributed by atoms with E-state index >= 15 is 0 Å². The fraction of sp³-hybridized carbons (Fsp3) is 0.350. The number of carboxylic acid groups (broad SMARTS) is 1. The summed E-state index contributed by atoms with van der Waals surface area (Å²) in [6, 6.07) is 5.67. The van der Waals surface area contributed by atoms with Crippen LogP contribution >= 0.6 is 11.3 Å². The van der Waals surface area contributed by atoms with Crippen molar-refractivity contribution >= 4 is 34.0 Å². The van der Waals surface area contributed by atoms with Gasteiger partial charge in [-0.1, -0.05) is 0 Å². The standard InChI is InChI=1S/C20H20N2O4S/c1-3-21-15-9-16-12(6-10(15)2)7-13(20(25)26-16)18-22-14-5-4-11(19(23)24)8-17(14)27-18/h6-7,9,11,21H,3-5,8H2,1-2H3,(H,23,24). The van der Waals surface area contributed by atoms with E-state index in [1.165, 1.54) is 11.3 Å². The molecule has 6 nitrogen and oxygen atoms in total. The Labute approximate surface area is 159 Å². The molecule has 0 radical (unpaired) electrons. The first-order valence-corrected chi connectivity index (χ1v) is 9.82. The highest BCUT2D eigenvalue weighted by Crippen LogP contribution is 2.35. The number of rotatable bonds is 4. The third-order valence-electron chi connectivity index (χ3n) is 4.97. The van der Waals surface area contributed by atoms with E-state index in [4.69, 9.17) is 4.42 Å². The Balaban J connectivity index is 1.76. The molecule has 1 aliphatic carbocycles. The van der Waals surface area contributed by atoms with Crippen LogP contribution < -0.4 is 10.9 Å². The summed E-state index contributed by atoms with van der Waals surface area (Å²) >= 11 is 1.40. The molecule has 140 valence electrons. The van der Waals surface area contributed by atoms with Crippen molar-refractivity contribution < 1.29 is 14.3 Å². The van der Waals surface area contributed by atoms with Crippen LogP contribution in [0.2, 0.25) is 0 Å². The number of aryl methyl sites for hydroxylation is 2. The minimum absolute atomic E-state index is 0.369. The fourth-order valence-electron chi connectivity index (χ4n) is 3.51. The highest BCUT2D eigenvalue weighted by Gasteiger charge is 2.28. The summed E-state index contributed by atoms with van der Waals surface area (Å²) in [6.45, 7) is 4.81. The molecule has 1 unspecified atom stereocenters. The van der Waals surface area contributed by atoms with Gasteiger partial charge in [-0.15, -0.1) is 11.3 Å². The van der Waals surface area contributed by atoms with Gasteiger partial charge in [-0.05, 0) is 50.8 Å². The van der Waals surface area contributed by atoms with Crippen LogP contribution in [0, 0.1) is 12.8 Å². The van der Waals surface area contributed by atoms with Crippen LogP contribution in [-0.4, -0.2) is 22.6 Å². The third kappa shape index (κ3) is 3.23. The van der Waals surface area contributed by atoms with Crippen molar-refractivity contribution in [2.45, 2.75) is 33.1 Å². The van der Waals surface area contributed by atoms with E-state index in [9.17, 15) is 14.7 Å². The number of fused-ring (bicyclic) bond motifs is 2. The number of anilines is 1. The Morgan fingerprint density at radius 3 is 2.96 bits per heavy atom. The first-order chi connectivity index (χ1) is 13.0. The zero-order valence-corrected chi connectivity index (χ0v) is 16.0. The van der Waals surface area contributed by atoms with Gasteiger partial charge in [-0.25, -0.2) is 9.78 Å². The first kappa shape index (κ1) is 17.7. The lowest BCUT2D eigenvalue weighted by Crippen LogP contribution is -2.21. The lowest BCUT2D eigenvalue weighted by Gasteiger charge is -2.16. The van der Waals surface area contributed by atoms with E-state index < -0.39 is 11.6 Å². The molecule has 7 heteroatoms. The van der Waals surface area contributed by atoms with E-state index in [1.54, 1.807) is 0 Å². The highest BCUT2D eigenvalue weighted by atomic mass is 32.1. The molecule has 0 bridgehead atoms. The third-order valence-corrected chi connectivity index (χ3v) is 6.12. The number of aromatic nitrogens is 1. The molecule has 1 aliphatic rings. The molecule has 4 rings (SSSR count). The van der Waals surface area contributed by atoms with Gasteiger partial charge in [0.1, 0.15) is 10.6 Å². The van der Waals surface area contributed by atoms with Crippen molar-refractivity contribution in [2.24, 2.45) is 5.92 Å². The van der Waals surface area contributed by atoms with Crippen molar-refractivity contribution in [3.8, 4) is 10.6 Å². The average molecular weight is 384 g/mol. The molecule has 1 atom stereocenters. The summed E-state index contributed by atoms with van der Waals surface area (Å²) in [7, 11) is 0. The van der Waals surface area contributed by atoms with Crippen molar-refractivity contribution in [3.05, 3.63) is 44.8 Å². The van der Waals surface area contributed by atoms with Gasteiger partial charge in [0.05, 0.1) is 17.2 Å². The van der Waals surface area contributed by atoms with Crippen LogP contribution in [0.1, 0.15) is 29.5 Å². The lowest BCUT2D eigenvalue weighted by atomic mass is 9.91. The van der Waals surface area contributed by atoms with Crippen molar-refractivity contribution in [2.75, 3.05) is 11.9 Å². The predicted octanol–water partition coefficient (Wildman–Crippen LogP) is 3.85. The predicted molar refractivity (Wildman–Crippen MR) is 106 cm³/mol. The molecule has 2 heterocycles. The fourth-order valence-corrected chi connectivity index (χ4v) is 4.70. The van der Waals surface area contributed by atoms with Crippen LogP contribution in [0.4, 0.5) is 5.69 Å². The maximum atomic E-state index is 12.6. The van der Waals surface area contributed by atoms with E-state index in [2.05, 4.69) is 10.3 Å². The van der Waals surface area contributed by atoms with Gasteiger partial charge < -0.3 is 14.8 Å². The molecule has 3 aromatic rings. The number of thiazole rings is 1. The summed E-state index contributed by atoms with van der Waals surface area (Å²) in [5, 5.41) is 14.0. The van der Waals surface area contributed by atoms with Crippen LogP contribution in [0.25, 0.3) is 21.5 Å². The molecule has 2 N–H and O–H groups in total. The molecule has 1 aromatic carbocycles. The van der Waals surface area contributed by atoms with E-state index in [-0.39, 0.29) is 5.92 Å². The smallest absolute Gasteiger partial charge is 0.346 e. The first-order valence-electron chi connectivity index (χ1n) is 9.00. The molecule has 0 spiro atoms. The van der Waals surface area contributed by atoms with Gasteiger partial charge >= 0.3 is 11.6 Å². The van der Waals surface area contributed by atoms with Gasteiger partial charge in [0.25, 0.3) is 0 Å². The lowest BCUT2D eigenvalue weighted by molar-refractivity contribution is -0.142. The Morgan fingerprint density at radius 2 is 2.22 bits per heavy atom. The second-order valence-corrected chi connectivity index (χ2v) is 7.93. The quantitative estimate of drug-likeness (QED) is 0.664. The number of benzene rings is 1. The zero-order valence-electron chi connectivity index (χ0n) is 15.2. The Bertz CT molecular complexity index is 1100. The van der Waals surface area contributed by atoms with Gasteiger partial charge in [-0.2, -0.15) is 0 Å². The van der Waals surface area contributed by atoms with E-state index in [0.29, 0.717) is 35.4 Å². The average Bonchev–Trinajstić information content (AvgIpc) is 3.05. The van der Waals surface area contributed by atoms with Gasteiger partial charge in [0.2, 0.25) is 0 Å². The second kappa shape index (κ2) is 6.81. The van der Waals surface area contributed by atoms with E-state index in [1.807, 2.05) is 32.0 Å². The Hall–Kier alpha value is -2.67. The van der Waals surface area contributed by atoms with Crippen molar-refractivity contribution in [1.82, 2.24) is 4.98 Å². The normalized spacial score (nSPS) is 16.3. The topological polar surface area (TPSA) is 92.4 Å². The molecular formula is C20H20N2O4S. The summed E-state index contributed by atoms with van der Waals surface area (Å²) in [4.78, 5) is 29.4. The van der Waals surface area contributed by atoms with E-state index in [0.717, 1.165) is 33.8 Å². The number of carboxylic acids is 1. The largest absolute Gasteiger partial charge is 0.481 e. The van der Waals surface area contributed by atoms with Gasteiger partial charge in [-0.3, -0.25) is 4.79 Å². The monoisotopic (exact) mass is 384 g/mol. The van der Waals surface area contributed by atoms with Crippen LogP contribution in [-0.2, 0) is 17.6 Å².